The van der Waals surface area contributed by atoms with Crippen LogP contribution in [0.3, 0.4) is 0 Å². The Morgan fingerprint density at radius 2 is 2.31 bits per heavy atom. The molecule has 0 aliphatic heterocycles. The van der Waals surface area contributed by atoms with Gasteiger partial charge in [-0.1, -0.05) is 11.6 Å². The van der Waals surface area contributed by atoms with Crippen LogP contribution in [0.1, 0.15) is 5.82 Å². The summed E-state index contributed by atoms with van der Waals surface area (Å²) in [6.45, 7) is -0.122. The van der Waals surface area contributed by atoms with Gasteiger partial charge in [-0.25, -0.2) is 4.98 Å². The highest BCUT2D eigenvalue weighted by atomic mass is 35.5. The Balaban J connectivity index is 2.49. The zero-order chi connectivity index (χ0) is 11.5. The monoisotopic (exact) mass is 238 g/mol. The molecule has 4 nitrogen and oxygen atoms in total. The lowest BCUT2D eigenvalue weighted by Gasteiger charge is -2.06. The summed E-state index contributed by atoms with van der Waals surface area (Å²) in [5.41, 5.74) is 1.59. The van der Waals surface area contributed by atoms with Crippen LogP contribution in [0.15, 0.2) is 24.4 Å². The van der Waals surface area contributed by atoms with E-state index in [1.54, 1.807) is 31.5 Å². The van der Waals surface area contributed by atoms with Gasteiger partial charge in [-0.15, -0.1) is 0 Å². The second kappa shape index (κ2) is 4.55. The molecule has 0 fully saturated rings. The minimum absolute atomic E-state index is 0.122. The average Bonchev–Trinajstić information content (AvgIpc) is 2.77. The number of H-pyrrole nitrogens is 1. The highest BCUT2D eigenvalue weighted by Gasteiger charge is 2.09. The summed E-state index contributed by atoms with van der Waals surface area (Å²) in [4.78, 5) is 6.99. The van der Waals surface area contributed by atoms with Crippen LogP contribution in [-0.2, 0) is 6.61 Å². The van der Waals surface area contributed by atoms with Crippen LogP contribution in [0.5, 0.6) is 5.75 Å². The molecule has 0 radical (unpaired) electrons. The molecule has 0 atom stereocenters. The van der Waals surface area contributed by atoms with Gasteiger partial charge in [0.05, 0.1) is 19.0 Å². The van der Waals surface area contributed by atoms with Crippen LogP contribution in [0.2, 0.25) is 5.02 Å². The lowest BCUT2D eigenvalue weighted by molar-refractivity contribution is 0.272. The first kappa shape index (κ1) is 11.0. The zero-order valence-corrected chi connectivity index (χ0v) is 9.45. The fraction of sp³-hybridized carbons (Fsp3) is 0.182. The van der Waals surface area contributed by atoms with Crippen molar-refractivity contribution in [2.24, 2.45) is 0 Å². The van der Waals surface area contributed by atoms with Gasteiger partial charge in [-0.05, 0) is 18.2 Å². The first-order valence-electron chi connectivity index (χ1n) is 4.73. The van der Waals surface area contributed by atoms with Crippen LogP contribution >= 0.6 is 11.6 Å². The smallest absolute Gasteiger partial charge is 0.132 e. The van der Waals surface area contributed by atoms with Gasteiger partial charge in [-0.3, -0.25) is 0 Å². The van der Waals surface area contributed by atoms with E-state index in [-0.39, 0.29) is 6.61 Å². The molecule has 0 amide bonds. The molecule has 2 N–H and O–H groups in total. The van der Waals surface area contributed by atoms with Crippen molar-refractivity contribution in [3.63, 3.8) is 0 Å². The first-order valence-corrected chi connectivity index (χ1v) is 5.11. The third kappa shape index (κ3) is 2.03. The number of aliphatic hydroxyl groups is 1. The molecule has 2 rings (SSSR count). The maximum Gasteiger partial charge on any atom is 0.132 e. The van der Waals surface area contributed by atoms with Crippen LogP contribution < -0.4 is 4.74 Å². The molecule has 16 heavy (non-hydrogen) atoms. The molecule has 0 saturated heterocycles. The van der Waals surface area contributed by atoms with Gasteiger partial charge in [-0.2, -0.15) is 0 Å². The lowest BCUT2D eigenvalue weighted by atomic mass is 10.1. The number of nitrogens with one attached hydrogen (secondary N) is 1. The molecule has 1 aromatic heterocycles. The van der Waals surface area contributed by atoms with E-state index >= 15 is 0 Å². The van der Waals surface area contributed by atoms with Gasteiger partial charge in [0.2, 0.25) is 0 Å². The minimum atomic E-state index is -0.122. The predicted octanol–water partition coefficient (Wildman–Crippen LogP) is 2.23. The second-order valence-electron chi connectivity index (χ2n) is 3.25. The molecule has 0 saturated carbocycles. The molecule has 0 aliphatic carbocycles. The van der Waals surface area contributed by atoms with E-state index in [0.29, 0.717) is 16.6 Å². The summed E-state index contributed by atoms with van der Waals surface area (Å²) in [6.07, 6.45) is 1.64. The first-order chi connectivity index (χ1) is 7.74. The summed E-state index contributed by atoms with van der Waals surface area (Å²) in [6, 6.07) is 5.33. The zero-order valence-electron chi connectivity index (χ0n) is 8.70. The minimum Gasteiger partial charge on any atom is -0.496 e. The Labute approximate surface area is 97.9 Å². The number of ether oxygens (including phenoxy) is 1. The van der Waals surface area contributed by atoms with Crippen molar-refractivity contribution >= 4 is 11.6 Å². The second-order valence-corrected chi connectivity index (χ2v) is 3.68. The van der Waals surface area contributed by atoms with Crippen LogP contribution in [0.25, 0.3) is 11.3 Å². The summed E-state index contributed by atoms with van der Waals surface area (Å²) in [5, 5.41) is 9.55. The number of methoxy groups -OCH3 is 1. The highest BCUT2D eigenvalue weighted by Crippen LogP contribution is 2.31. The number of benzene rings is 1. The van der Waals surface area contributed by atoms with Gasteiger partial charge in [0.1, 0.15) is 18.2 Å². The van der Waals surface area contributed by atoms with E-state index in [0.717, 1.165) is 11.3 Å². The molecule has 0 spiro atoms. The number of rotatable bonds is 3. The molecular weight excluding hydrogens is 228 g/mol. The molecule has 0 unspecified atom stereocenters. The Bertz CT molecular complexity index is 496. The van der Waals surface area contributed by atoms with Crippen molar-refractivity contribution in [2.45, 2.75) is 6.61 Å². The number of hydrogen-bond donors (Lipinski definition) is 2. The number of hydrogen-bond acceptors (Lipinski definition) is 3. The van der Waals surface area contributed by atoms with Crippen LogP contribution in [0.4, 0.5) is 0 Å². The third-order valence-electron chi connectivity index (χ3n) is 2.23. The van der Waals surface area contributed by atoms with E-state index in [4.69, 9.17) is 21.4 Å². The molecule has 84 valence electrons. The molecule has 0 bridgehead atoms. The predicted molar refractivity (Wildman–Crippen MR) is 61.5 cm³/mol. The van der Waals surface area contributed by atoms with Crippen LogP contribution in [-0.4, -0.2) is 22.2 Å². The Kier molecular flexibility index (Phi) is 3.12. The molecule has 5 heteroatoms. The summed E-state index contributed by atoms with van der Waals surface area (Å²) >= 11 is 5.93. The van der Waals surface area contributed by atoms with Crippen molar-refractivity contribution < 1.29 is 9.84 Å². The summed E-state index contributed by atoms with van der Waals surface area (Å²) < 4.78 is 5.23. The van der Waals surface area contributed by atoms with Gasteiger partial charge in [0.15, 0.2) is 0 Å². The fourth-order valence-corrected chi connectivity index (χ4v) is 1.64. The van der Waals surface area contributed by atoms with Crippen LogP contribution in [0, 0.1) is 0 Å². The number of imidazole rings is 1. The van der Waals surface area contributed by atoms with E-state index < -0.39 is 0 Å². The molecule has 1 aromatic carbocycles. The Hall–Kier alpha value is -1.52. The third-order valence-corrected chi connectivity index (χ3v) is 2.47. The van der Waals surface area contributed by atoms with Crippen molar-refractivity contribution in [1.82, 2.24) is 9.97 Å². The van der Waals surface area contributed by atoms with Gasteiger partial charge < -0.3 is 14.8 Å². The highest BCUT2D eigenvalue weighted by molar-refractivity contribution is 6.30. The van der Waals surface area contributed by atoms with Crippen molar-refractivity contribution in [1.29, 1.82) is 0 Å². The van der Waals surface area contributed by atoms with Gasteiger partial charge in [0, 0.05) is 10.6 Å². The maximum absolute atomic E-state index is 8.93. The largest absolute Gasteiger partial charge is 0.496 e. The van der Waals surface area contributed by atoms with Gasteiger partial charge in [0.25, 0.3) is 0 Å². The van der Waals surface area contributed by atoms with Crippen molar-refractivity contribution in [2.75, 3.05) is 7.11 Å². The fourth-order valence-electron chi connectivity index (χ4n) is 1.47. The summed E-state index contributed by atoms with van der Waals surface area (Å²) in [5.74, 6) is 1.22. The van der Waals surface area contributed by atoms with Gasteiger partial charge >= 0.3 is 0 Å². The SMILES string of the molecule is COc1ccc(Cl)cc1-c1cnc(CO)[nH]1. The maximum atomic E-state index is 8.93. The molecular formula is C11H11ClN2O2. The number of aliphatic hydroxyl groups excluding tert-OH is 1. The van der Waals surface area contributed by atoms with E-state index in [1.807, 2.05) is 0 Å². The normalized spacial score (nSPS) is 10.4. The lowest BCUT2D eigenvalue weighted by Crippen LogP contribution is -1.89. The van der Waals surface area contributed by atoms with E-state index in [9.17, 15) is 0 Å². The van der Waals surface area contributed by atoms with E-state index in [1.165, 1.54) is 0 Å². The van der Waals surface area contributed by atoms with Crippen molar-refractivity contribution in [3.8, 4) is 17.0 Å². The number of nitrogens with zero attached hydrogens (tertiary/aromatic N) is 1. The molecule has 2 aromatic rings. The number of halogens is 1. The quantitative estimate of drug-likeness (QED) is 0.862. The topological polar surface area (TPSA) is 58.1 Å². The average molecular weight is 239 g/mol. The standard InChI is InChI=1S/C11H11ClN2O2/c1-16-10-3-2-7(12)4-8(10)9-5-13-11(6-15)14-9/h2-5,15H,6H2,1H3,(H,13,14). The van der Waals surface area contributed by atoms with E-state index in [2.05, 4.69) is 9.97 Å². The number of aromatic nitrogens is 2. The molecule has 1 heterocycles. The Morgan fingerprint density at radius 1 is 1.50 bits per heavy atom. The summed E-state index contributed by atoms with van der Waals surface area (Å²) in [7, 11) is 1.59. The number of aromatic amines is 1. The van der Waals surface area contributed by atoms with Crippen molar-refractivity contribution in [3.05, 3.63) is 35.2 Å². The Morgan fingerprint density at radius 3 is 2.94 bits per heavy atom. The molecule has 0 aliphatic rings.